The van der Waals surface area contributed by atoms with Gasteiger partial charge in [0.2, 0.25) is 11.8 Å². The second kappa shape index (κ2) is 34.6. The van der Waals surface area contributed by atoms with Crippen molar-refractivity contribution in [3.8, 4) is 0 Å². The number of nitrogens with one attached hydrogen (secondary N) is 2. The molecule has 0 heterocycles. The maximum Gasteiger partial charge on any atom is 0.222 e. The molecule has 47 heavy (non-hydrogen) atoms. The van der Waals surface area contributed by atoms with E-state index >= 15 is 0 Å². The first-order chi connectivity index (χ1) is 22.4. The Balaban J connectivity index is 0. The summed E-state index contributed by atoms with van der Waals surface area (Å²) in [6.45, 7) is 22.8. The van der Waals surface area contributed by atoms with Crippen LogP contribution in [-0.2, 0) is 42.8 Å². The predicted molar refractivity (Wildman–Crippen MR) is 191 cm³/mol. The molecule has 0 aromatic heterocycles. The van der Waals surface area contributed by atoms with Crippen molar-refractivity contribution in [2.75, 3.05) is 85.5 Å². The molecule has 0 bridgehead atoms. The van der Waals surface area contributed by atoms with Gasteiger partial charge in [-0.3, -0.25) is 14.4 Å². The fourth-order valence-corrected chi connectivity index (χ4v) is 4.39. The molecule has 0 spiro atoms. The van der Waals surface area contributed by atoms with Crippen molar-refractivity contribution < 1.29 is 42.8 Å². The molecule has 2 N–H and O–H groups in total. The summed E-state index contributed by atoms with van der Waals surface area (Å²) in [6.07, 6.45) is 3.80. The Kier molecular flexibility index (Phi) is 35.2. The predicted octanol–water partition coefficient (Wildman–Crippen LogP) is 5.07. The summed E-state index contributed by atoms with van der Waals surface area (Å²) in [6, 6.07) is -0.273. The molecular weight excluding hydrogens is 624 g/mol. The van der Waals surface area contributed by atoms with Crippen molar-refractivity contribution in [2.45, 2.75) is 111 Å². The van der Waals surface area contributed by atoms with E-state index in [1.807, 2.05) is 13.8 Å². The first kappa shape index (κ1) is 47.8. The van der Waals surface area contributed by atoms with Crippen molar-refractivity contribution in [3.63, 3.8) is 0 Å². The minimum absolute atomic E-state index is 0.0423. The van der Waals surface area contributed by atoms with Gasteiger partial charge in [0.25, 0.3) is 0 Å². The molecule has 1 unspecified atom stereocenters. The SMILES string of the molecule is CC(C)CCOCCOCCC(=O)NC(C)C.COCCOCCCC(=O)C(CSC(C)C)NC(=O)CCOCCOCCC(C)C. The van der Waals surface area contributed by atoms with E-state index in [1.165, 1.54) is 0 Å². The zero-order chi connectivity index (χ0) is 35.7. The number of amides is 2. The Morgan fingerprint density at radius 3 is 1.45 bits per heavy atom. The van der Waals surface area contributed by atoms with Crippen molar-refractivity contribution in [3.05, 3.63) is 0 Å². The van der Waals surface area contributed by atoms with Gasteiger partial charge in [-0.25, -0.2) is 0 Å². The maximum atomic E-state index is 12.5. The van der Waals surface area contributed by atoms with Crippen molar-refractivity contribution in [1.29, 1.82) is 0 Å². The molecule has 0 radical (unpaired) electrons. The molecule has 280 valence electrons. The third-order valence-corrected chi connectivity index (χ3v) is 7.48. The van der Waals surface area contributed by atoms with E-state index in [2.05, 4.69) is 52.2 Å². The van der Waals surface area contributed by atoms with E-state index in [9.17, 15) is 14.4 Å². The molecule has 0 aliphatic rings. The standard InChI is InChI=1S/C22H43NO6S.C13H27NO3/c1-18(2)8-11-28-15-16-29-12-9-22(25)23-20(17-30-19(3)4)21(24)7-6-10-27-14-13-26-5;1-11(2)5-7-16-9-10-17-8-6-13(15)14-12(3)4/h18-20H,6-17H2,1-5H3,(H,23,25);11-12H,5-10H2,1-4H3,(H,14,15). The van der Waals surface area contributed by atoms with E-state index in [4.69, 9.17) is 28.4 Å². The number of rotatable bonds is 31. The van der Waals surface area contributed by atoms with E-state index in [0.717, 1.165) is 26.1 Å². The van der Waals surface area contributed by atoms with Gasteiger partial charge in [-0.2, -0.15) is 11.8 Å². The molecule has 0 aliphatic carbocycles. The van der Waals surface area contributed by atoms with Gasteiger partial charge in [0.1, 0.15) is 0 Å². The summed E-state index contributed by atoms with van der Waals surface area (Å²) in [7, 11) is 1.62. The van der Waals surface area contributed by atoms with Crippen LogP contribution in [0.5, 0.6) is 0 Å². The van der Waals surface area contributed by atoms with Crippen LogP contribution in [0.4, 0.5) is 0 Å². The lowest BCUT2D eigenvalue weighted by Crippen LogP contribution is -2.43. The van der Waals surface area contributed by atoms with Gasteiger partial charge in [-0.15, -0.1) is 0 Å². The molecule has 0 saturated heterocycles. The third kappa shape index (κ3) is 39.0. The molecular formula is C35H70N2O9S. The molecule has 0 fully saturated rings. The van der Waals surface area contributed by atoms with Crippen LogP contribution in [0.2, 0.25) is 0 Å². The Bertz CT molecular complexity index is 740. The summed E-state index contributed by atoms with van der Waals surface area (Å²) in [5.41, 5.74) is 0. The smallest absolute Gasteiger partial charge is 0.222 e. The highest BCUT2D eigenvalue weighted by atomic mass is 32.2. The second-order valence-corrected chi connectivity index (χ2v) is 14.3. The van der Waals surface area contributed by atoms with Crippen LogP contribution in [0.25, 0.3) is 0 Å². The second-order valence-electron chi connectivity index (χ2n) is 12.7. The molecule has 12 heteroatoms. The minimum atomic E-state index is -0.469. The van der Waals surface area contributed by atoms with Crippen molar-refractivity contribution >= 4 is 29.4 Å². The molecule has 0 aliphatic heterocycles. The largest absolute Gasteiger partial charge is 0.382 e. The van der Waals surface area contributed by atoms with Crippen LogP contribution >= 0.6 is 11.8 Å². The van der Waals surface area contributed by atoms with Gasteiger partial charge in [-0.05, 0) is 50.2 Å². The average molecular weight is 695 g/mol. The zero-order valence-corrected chi connectivity index (χ0v) is 32.0. The summed E-state index contributed by atoms with van der Waals surface area (Å²) in [5.74, 6) is 1.82. The molecule has 0 aromatic rings. The van der Waals surface area contributed by atoms with E-state index < -0.39 is 6.04 Å². The Morgan fingerprint density at radius 1 is 0.553 bits per heavy atom. The fraction of sp³-hybridized carbons (Fsp3) is 0.914. The molecule has 0 saturated carbocycles. The van der Waals surface area contributed by atoms with Gasteiger partial charge in [0.05, 0.1) is 58.9 Å². The molecule has 2 amide bonds. The van der Waals surface area contributed by atoms with Crippen LogP contribution < -0.4 is 10.6 Å². The monoisotopic (exact) mass is 694 g/mol. The van der Waals surface area contributed by atoms with E-state index in [-0.39, 0.29) is 30.1 Å². The lowest BCUT2D eigenvalue weighted by Gasteiger charge is -2.19. The quantitative estimate of drug-likeness (QED) is 0.0949. The molecule has 11 nitrogen and oxygen atoms in total. The average Bonchev–Trinajstić information content (AvgIpc) is 2.99. The van der Waals surface area contributed by atoms with E-state index in [1.54, 1.807) is 18.9 Å². The third-order valence-electron chi connectivity index (χ3n) is 6.28. The molecule has 0 rings (SSSR count). The zero-order valence-electron chi connectivity index (χ0n) is 31.2. The van der Waals surface area contributed by atoms with Crippen LogP contribution in [0, 0.1) is 11.8 Å². The summed E-state index contributed by atoms with van der Waals surface area (Å²) in [4.78, 5) is 36.0. The number of carbonyl (C=O) groups is 3. The maximum absolute atomic E-state index is 12.5. The number of hydrogen-bond acceptors (Lipinski definition) is 10. The van der Waals surface area contributed by atoms with Crippen LogP contribution in [0.1, 0.15) is 93.9 Å². The number of thioether (sulfide) groups is 1. The van der Waals surface area contributed by atoms with Gasteiger partial charge in [-0.1, -0.05) is 41.5 Å². The van der Waals surface area contributed by atoms with Gasteiger partial charge in [0, 0.05) is 58.0 Å². The van der Waals surface area contributed by atoms with Crippen molar-refractivity contribution in [2.24, 2.45) is 11.8 Å². The van der Waals surface area contributed by atoms with E-state index in [0.29, 0.717) is 102 Å². The number of Topliss-reactive ketones (excluding diaryl/α,β-unsaturated/α-hetero) is 1. The summed E-state index contributed by atoms with van der Waals surface area (Å²) >= 11 is 1.67. The number of carbonyl (C=O) groups excluding carboxylic acids is 3. The molecule has 0 aromatic carbocycles. The lowest BCUT2D eigenvalue weighted by atomic mass is 10.1. The van der Waals surface area contributed by atoms with Gasteiger partial charge >= 0.3 is 0 Å². The summed E-state index contributed by atoms with van der Waals surface area (Å²) in [5, 5.41) is 6.09. The lowest BCUT2D eigenvalue weighted by molar-refractivity contribution is -0.128. The van der Waals surface area contributed by atoms with Crippen LogP contribution in [0.15, 0.2) is 0 Å². The number of ether oxygens (including phenoxy) is 6. The minimum Gasteiger partial charge on any atom is -0.382 e. The number of methoxy groups -OCH3 is 1. The van der Waals surface area contributed by atoms with Crippen LogP contribution in [0.3, 0.4) is 0 Å². The van der Waals surface area contributed by atoms with Crippen LogP contribution in [-0.4, -0.2) is 120 Å². The van der Waals surface area contributed by atoms with Gasteiger partial charge < -0.3 is 39.1 Å². The van der Waals surface area contributed by atoms with Crippen molar-refractivity contribution in [1.82, 2.24) is 10.6 Å². The highest BCUT2D eigenvalue weighted by Gasteiger charge is 2.21. The van der Waals surface area contributed by atoms with Gasteiger partial charge in [0.15, 0.2) is 5.78 Å². The number of ketones is 1. The number of hydrogen-bond donors (Lipinski definition) is 2. The fourth-order valence-electron chi connectivity index (χ4n) is 3.54. The first-order valence-electron chi connectivity index (χ1n) is 17.5. The molecule has 1 atom stereocenters. The normalized spacial score (nSPS) is 12.0. The Morgan fingerprint density at radius 2 is 1.00 bits per heavy atom. The summed E-state index contributed by atoms with van der Waals surface area (Å²) < 4.78 is 32.0. The Hall–Kier alpha value is -1.28. The topological polar surface area (TPSA) is 131 Å². The highest BCUT2D eigenvalue weighted by molar-refractivity contribution is 7.99. The Labute approximate surface area is 291 Å². The highest BCUT2D eigenvalue weighted by Crippen LogP contribution is 2.13. The first-order valence-corrected chi connectivity index (χ1v) is 18.5.